The maximum atomic E-state index is 13.0. The molecule has 2 atom stereocenters. The number of nitrogen functional groups attached to an aromatic ring is 1. The van der Waals surface area contributed by atoms with Crippen LogP contribution in [0.2, 0.25) is 5.02 Å². The van der Waals surface area contributed by atoms with Crippen molar-refractivity contribution in [2.45, 2.75) is 38.3 Å². The number of anilines is 1. The van der Waals surface area contributed by atoms with E-state index >= 15 is 0 Å². The highest BCUT2D eigenvalue weighted by molar-refractivity contribution is 8.13. The molecule has 0 radical (unpaired) electrons. The number of thioether (sulfide) groups is 1. The van der Waals surface area contributed by atoms with Gasteiger partial charge in [-0.25, -0.2) is 0 Å². The third-order valence-electron chi connectivity index (χ3n) is 6.48. The van der Waals surface area contributed by atoms with Crippen molar-refractivity contribution in [1.82, 2.24) is 15.1 Å². The smallest absolute Gasteiger partial charge is 0.281 e. The lowest BCUT2D eigenvalue weighted by atomic mass is 9.94. The number of carbonyl (C=O) groups excluding carboxylic acids is 2. The second-order valence-electron chi connectivity index (χ2n) is 8.61. The zero-order valence-corrected chi connectivity index (χ0v) is 21.2. The van der Waals surface area contributed by atoms with Gasteiger partial charge in [0.05, 0.1) is 35.5 Å². The Morgan fingerprint density at radius 1 is 1.21 bits per heavy atom. The first kappa shape index (κ1) is 25.9. The van der Waals surface area contributed by atoms with Crippen molar-refractivity contribution >= 4 is 40.2 Å². The number of likely N-dealkylation sites (tertiary alicyclic amines) is 2. The topological polar surface area (TPSA) is 97.1 Å². The molecule has 1 aromatic carbocycles. The fourth-order valence-corrected chi connectivity index (χ4v) is 5.37. The van der Waals surface area contributed by atoms with Crippen LogP contribution < -0.4 is 15.8 Å². The number of rotatable bonds is 7. The molecule has 2 aliphatic rings. The van der Waals surface area contributed by atoms with Gasteiger partial charge >= 0.3 is 0 Å². The van der Waals surface area contributed by atoms with Crippen molar-refractivity contribution in [3.8, 4) is 5.75 Å². The molecule has 33 heavy (non-hydrogen) atoms. The van der Waals surface area contributed by atoms with Crippen LogP contribution in [0.4, 0.5) is 10.5 Å². The summed E-state index contributed by atoms with van der Waals surface area (Å²) in [4.78, 5) is 29.4. The first-order valence-electron chi connectivity index (χ1n) is 11.5. The normalized spacial score (nSPS) is 22.2. The van der Waals surface area contributed by atoms with E-state index in [1.807, 2.05) is 11.8 Å². The number of hydrogen-bond acceptors (Lipinski definition) is 7. The van der Waals surface area contributed by atoms with Crippen LogP contribution in [0, 0.1) is 5.92 Å². The second-order valence-corrected chi connectivity index (χ2v) is 10.2. The summed E-state index contributed by atoms with van der Waals surface area (Å²) in [5.74, 6) is 1.53. The number of carbonyl (C=O) groups is 2. The van der Waals surface area contributed by atoms with E-state index in [0.717, 1.165) is 57.7 Å². The van der Waals surface area contributed by atoms with Gasteiger partial charge < -0.3 is 30.3 Å². The van der Waals surface area contributed by atoms with E-state index in [0.29, 0.717) is 27.9 Å². The number of amides is 2. The van der Waals surface area contributed by atoms with Crippen LogP contribution in [0.15, 0.2) is 12.1 Å². The molecule has 2 heterocycles. The summed E-state index contributed by atoms with van der Waals surface area (Å²) in [5, 5.41) is 3.61. The molecule has 0 aliphatic carbocycles. The number of benzene rings is 1. The third kappa shape index (κ3) is 6.68. The Morgan fingerprint density at radius 3 is 2.58 bits per heavy atom. The molecule has 3 rings (SSSR count). The minimum absolute atomic E-state index is 0.106. The summed E-state index contributed by atoms with van der Waals surface area (Å²) in [6.45, 7) is 6.31. The van der Waals surface area contributed by atoms with Gasteiger partial charge in [-0.2, -0.15) is 0 Å². The van der Waals surface area contributed by atoms with Crippen molar-refractivity contribution < 1.29 is 19.1 Å². The van der Waals surface area contributed by atoms with Crippen molar-refractivity contribution in [2.24, 2.45) is 5.92 Å². The van der Waals surface area contributed by atoms with E-state index in [-0.39, 0.29) is 23.3 Å². The highest BCUT2D eigenvalue weighted by Gasteiger charge is 2.33. The Morgan fingerprint density at radius 2 is 1.94 bits per heavy atom. The SMILES string of the molecule is CCSC(=O)N1CCC(CN2CC[C@H](NC(=O)c3cc(Cl)c(N)cc3OC)[C@H](OC)C2)CC1. The number of ether oxygens (including phenoxy) is 2. The number of methoxy groups -OCH3 is 2. The number of halogens is 1. The minimum Gasteiger partial charge on any atom is -0.496 e. The Bertz CT molecular complexity index is 835. The van der Waals surface area contributed by atoms with Crippen molar-refractivity contribution in [1.29, 1.82) is 0 Å². The molecule has 2 saturated heterocycles. The molecular weight excluding hydrogens is 464 g/mol. The van der Waals surface area contributed by atoms with E-state index in [2.05, 4.69) is 10.2 Å². The molecule has 0 unspecified atom stereocenters. The van der Waals surface area contributed by atoms with Gasteiger partial charge in [0, 0.05) is 45.9 Å². The van der Waals surface area contributed by atoms with Crippen LogP contribution in [-0.2, 0) is 4.74 Å². The summed E-state index contributed by atoms with van der Waals surface area (Å²) in [7, 11) is 3.18. The number of nitrogens with two attached hydrogens (primary N) is 1. The molecule has 0 saturated carbocycles. The van der Waals surface area contributed by atoms with Crippen LogP contribution in [0.5, 0.6) is 5.75 Å². The molecule has 2 fully saturated rings. The van der Waals surface area contributed by atoms with Crippen molar-refractivity contribution in [2.75, 3.05) is 58.4 Å². The van der Waals surface area contributed by atoms with Gasteiger partial charge in [-0.3, -0.25) is 9.59 Å². The quantitative estimate of drug-likeness (QED) is 0.556. The Balaban J connectivity index is 1.52. The molecule has 8 nitrogen and oxygen atoms in total. The highest BCUT2D eigenvalue weighted by Crippen LogP contribution is 2.29. The molecule has 0 aromatic heterocycles. The standard InChI is InChI=1S/C23H35ClN4O4S/c1-4-33-23(30)28-9-5-15(6-10-28)13-27-8-7-19(21(14-27)32-3)26-22(29)16-11-17(24)18(25)12-20(16)31-2/h11-12,15,19,21H,4-10,13-14,25H2,1-3H3,(H,26,29)/t19-,21+/m0/s1. The monoisotopic (exact) mass is 498 g/mol. The first-order valence-corrected chi connectivity index (χ1v) is 12.8. The summed E-state index contributed by atoms with van der Waals surface area (Å²) in [6.07, 6.45) is 2.74. The zero-order chi connectivity index (χ0) is 24.0. The average Bonchev–Trinajstić information content (AvgIpc) is 2.82. The van der Waals surface area contributed by atoms with Crippen molar-refractivity contribution in [3.05, 3.63) is 22.7 Å². The van der Waals surface area contributed by atoms with Crippen LogP contribution >= 0.6 is 23.4 Å². The Kier molecular flexibility index (Phi) is 9.55. The second kappa shape index (κ2) is 12.1. The minimum atomic E-state index is -0.253. The lowest BCUT2D eigenvalue weighted by molar-refractivity contribution is -0.000473. The first-order chi connectivity index (χ1) is 15.9. The van der Waals surface area contributed by atoms with Crippen LogP contribution in [-0.4, -0.2) is 85.8 Å². The largest absolute Gasteiger partial charge is 0.496 e. The van der Waals surface area contributed by atoms with E-state index in [1.165, 1.54) is 24.9 Å². The summed E-state index contributed by atoms with van der Waals surface area (Å²) in [6, 6.07) is 3.00. The Labute approximate surface area is 205 Å². The highest BCUT2D eigenvalue weighted by atomic mass is 35.5. The Hall–Kier alpha value is -1.68. The fourth-order valence-electron chi connectivity index (χ4n) is 4.59. The predicted octanol–water partition coefficient (Wildman–Crippen LogP) is 3.34. The molecule has 184 valence electrons. The van der Waals surface area contributed by atoms with Crippen LogP contribution in [0.25, 0.3) is 0 Å². The van der Waals surface area contributed by atoms with E-state index < -0.39 is 0 Å². The van der Waals surface area contributed by atoms with Gasteiger partial charge in [0.2, 0.25) is 0 Å². The van der Waals surface area contributed by atoms with E-state index in [1.54, 1.807) is 13.2 Å². The van der Waals surface area contributed by atoms with Gasteiger partial charge in [0.15, 0.2) is 0 Å². The maximum Gasteiger partial charge on any atom is 0.281 e. The molecule has 1 aromatic rings. The molecule has 3 N–H and O–H groups in total. The number of hydrogen-bond donors (Lipinski definition) is 2. The van der Waals surface area contributed by atoms with Gasteiger partial charge in [0.1, 0.15) is 5.75 Å². The van der Waals surface area contributed by atoms with E-state index in [4.69, 9.17) is 26.8 Å². The number of nitrogens with zero attached hydrogens (tertiary/aromatic N) is 2. The number of piperidine rings is 2. The number of nitrogens with one attached hydrogen (secondary N) is 1. The van der Waals surface area contributed by atoms with E-state index in [9.17, 15) is 9.59 Å². The molecule has 10 heteroatoms. The lowest BCUT2D eigenvalue weighted by Gasteiger charge is -2.41. The molecule has 0 spiro atoms. The van der Waals surface area contributed by atoms with Gasteiger partial charge in [-0.1, -0.05) is 30.3 Å². The molecular formula is C23H35ClN4O4S. The van der Waals surface area contributed by atoms with Gasteiger partial charge in [-0.05, 0) is 37.0 Å². The molecule has 2 amide bonds. The van der Waals surface area contributed by atoms with Crippen LogP contribution in [0.3, 0.4) is 0 Å². The molecule has 0 bridgehead atoms. The lowest BCUT2D eigenvalue weighted by Crippen LogP contribution is -2.55. The average molecular weight is 499 g/mol. The maximum absolute atomic E-state index is 13.0. The van der Waals surface area contributed by atoms with Gasteiger partial charge in [0.25, 0.3) is 11.1 Å². The van der Waals surface area contributed by atoms with Crippen LogP contribution in [0.1, 0.15) is 36.5 Å². The molecule has 2 aliphatic heterocycles. The van der Waals surface area contributed by atoms with Crippen molar-refractivity contribution in [3.63, 3.8) is 0 Å². The van der Waals surface area contributed by atoms with Gasteiger partial charge in [-0.15, -0.1) is 0 Å². The summed E-state index contributed by atoms with van der Waals surface area (Å²) < 4.78 is 11.1. The summed E-state index contributed by atoms with van der Waals surface area (Å²) >= 11 is 7.51. The fraction of sp³-hybridized carbons (Fsp3) is 0.652. The summed E-state index contributed by atoms with van der Waals surface area (Å²) in [5.41, 5.74) is 6.56. The zero-order valence-electron chi connectivity index (χ0n) is 19.6. The predicted molar refractivity (Wildman–Crippen MR) is 133 cm³/mol. The third-order valence-corrected chi connectivity index (χ3v) is 7.60.